The molecular formula is C16H20N6O2S. The summed E-state index contributed by atoms with van der Waals surface area (Å²) in [6, 6.07) is 7.06. The summed E-state index contributed by atoms with van der Waals surface area (Å²) in [6.45, 7) is 5.03. The van der Waals surface area contributed by atoms with E-state index in [4.69, 9.17) is 0 Å². The van der Waals surface area contributed by atoms with Crippen LogP contribution >= 0.6 is 0 Å². The highest BCUT2D eigenvalue weighted by atomic mass is 32.2. The minimum Gasteiger partial charge on any atom is -0.354 e. The fourth-order valence-electron chi connectivity index (χ4n) is 3.31. The maximum Gasteiger partial charge on any atom is 0.285 e. The fourth-order valence-corrected chi connectivity index (χ4v) is 4.54. The average molecular weight is 360 g/mol. The fraction of sp³-hybridized carbons (Fsp3) is 0.438. The van der Waals surface area contributed by atoms with Gasteiger partial charge in [-0.1, -0.05) is 12.1 Å². The lowest BCUT2D eigenvalue weighted by Crippen LogP contribution is -2.36. The zero-order valence-electron chi connectivity index (χ0n) is 13.8. The Labute approximate surface area is 146 Å². The molecule has 0 atom stereocenters. The molecule has 1 saturated heterocycles. The van der Waals surface area contributed by atoms with Gasteiger partial charge >= 0.3 is 0 Å². The topological polar surface area (TPSA) is 83.7 Å². The Morgan fingerprint density at radius 1 is 0.960 bits per heavy atom. The molecule has 0 spiro atoms. The van der Waals surface area contributed by atoms with E-state index in [1.165, 1.54) is 0 Å². The molecule has 8 nitrogen and oxygen atoms in total. The van der Waals surface area contributed by atoms with Gasteiger partial charge in [-0.15, -0.1) is 4.40 Å². The summed E-state index contributed by atoms with van der Waals surface area (Å²) in [5.74, 6) is 0.589. The summed E-state index contributed by atoms with van der Waals surface area (Å²) in [7, 11) is -3.56. The zero-order chi connectivity index (χ0) is 17.3. The second-order valence-electron chi connectivity index (χ2n) is 6.19. The smallest absolute Gasteiger partial charge is 0.285 e. The summed E-state index contributed by atoms with van der Waals surface area (Å²) >= 11 is 0. The summed E-state index contributed by atoms with van der Waals surface area (Å²) in [5, 5.41) is 8.25. The third-order valence-corrected chi connectivity index (χ3v) is 5.91. The highest BCUT2D eigenvalue weighted by Gasteiger charge is 2.32. The molecule has 0 aliphatic carbocycles. The Hall–Kier alpha value is -2.26. The molecule has 0 bridgehead atoms. The average Bonchev–Trinajstić information content (AvgIpc) is 3.14. The molecule has 2 aliphatic heterocycles. The minimum absolute atomic E-state index is 0.316. The van der Waals surface area contributed by atoms with Crippen LogP contribution in [-0.4, -0.2) is 71.8 Å². The number of sulfonamides is 1. The summed E-state index contributed by atoms with van der Waals surface area (Å²) in [6.07, 6.45) is 4.33. The zero-order valence-corrected chi connectivity index (χ0v) is 14.6. The molecule has 132 valence electrons. The van der Waals surface area contributed by atoms with E-state index in [-0.39, 0.29) is 0 Å². The van der Waals surface area contributed by atoms with Crippen molar-refractivity contribution in [1.29, 1.82) is 0 Å². The molecule has 0 N–H and O–H groups in total. The van der Waals surface area contributed by atoms with Crippen molar-refractivity contribution < 1.29 is 8.42 Å². The monoisotopic (exact) mass is 360 g/mol. The van der Waals surface area contributed by atoms with Crippen LogP contribution in [0.4, 0.5) is 0 Å². The molecule has 25 heavy (non-hydrogen) atoms. The molecule has 0 unspecified atom stereocenters. The minimum atomic E-state index is -3.56. The Bertz CT molecular complexity index is 878. The van der Waals surface area contributed by atoms with E-state index in [0.29, 0.717) is 10.7 Å². The number of amidine groups is 1. The first kappa shape index (κ1) is 16.2. The molecule has 1 fully saturated rings. The van der Waals surface area contributed by atoms with Crippen LogP contribution in [-0.2, 0) is 16.6 Å². The van der Waals surface area contributed by atoms with Crippen molar-refractivity contribution in [2.45, 2.75) is 17.9 Å². The van der Waals surface area contributed by atoms with Gasteiger partial charge in [0, 0.05) is 31.7 Å². The van der Waals surface area contributed by atoms with Crippen molar-refractivity contribution in [2.75, 3.05) is 32.7 Å². The molecular weight excluding hydrogens is 340 g/mol. The van der Waals surface area contributed by atoms with Crippen molar-refractivity contribution in [3.05, 3.63) is 42.2 Å². The van der Waals surface area contributed by atoms with Gasteiger partial charge in [-0.2, -0.15) is 23.4 Å². The molecule has 2 aromatic rings. The van der Waals surface area contributed by atoms with Gasteiger partial charge in [0.1, 0.15) is 4.90 Å². The van der Waals surface area contributed by atoms with Crippen molar-refractivity contribution in [3.8, 4) is 0 Å². The third kappa shape index (κ3) is 3.29. The van der Waals surface area contributed by atoms with E-state index >= 15 is 0 Å². The summed E-state index contributed by atoms with van der Waals surface area (Å²) < 4.78 is 28.5. The van der Waals surface area contributed by atoms with E-state index < -0.39 is 10.0 Å². The standard InChI is InChI=1S/C16H20N6O2S/c23-25(24)15-5-2-1-4-14(15)16(19-25)21-9-3-8-20(10-12-21)11-13-22-17-6-7-18-22/h1-2,4-7H,3,8-13H2. The van der Waals surface area contributed by atoms with E-state index in [2.05, 4.69) is 24.4 Å². The van der Waals surface area contributed by atoms with Crippen LogP contribution in [0, 0.1) is 0 Å². The first-order valence-electron chi connectivity index (χ1n) is 8.39. The van der Waals surface area contributed by atoms with E-state index in [1.807, 2.05) is 12.1 Å². The lowest BCUT2D eigenvalue weighted by Gasteiger charge is -2.23. The summed E-state index contributed by atoms with van der Waals surface area (Å²) in [4.78, 5) is 6.46. The van der Waals surface area contributed by atoms with Crippen molar-refractivity contribution in [1.82, 2.24) is 24.8 Å². The van der Waals surface area contributed by atoms with Crippen LogP contribution in [0.1, 0.15) is 12.0 Å². The second-order valence-corrected chi connectivity index (χ2v) is 7.77. The van der Waals surface area contributed by atoms with E-state index in [9.17, 15) is 8.42 Å². The molecule has 1 aromatic heterocycles. The van der Waals surface area contributed by atoms with Crippen molar-refractivity contribution in [2.24, 2.45) is 4.40 Å². The Balaban J connectivity index is 1.45. The van der Waals surface area contributed by atoms with Crippen LogP contribution in [0.15, 0.2) is 46.0 Å². The van der Waals surface area contributed by atoms with Crippen LogP contribution in [0.5, 0.6) is 0 Å². The maximum atomic E-state index is 12.2. The van der Waals surface area contributed by atoms with Gasteiger partial charge in [0.2, 0.25) is 0 Å². The van der Waals surface area contributed by atoms with E-state index in [1.54, 1.807) is 29.3 Å². The van der Waals surface area contributed by atoms with Gasteiger partial charge in [0.15, 0.2) is 5.84 Å². The van der Waals surface area contributed by atoms with Gasteiger partial charge in [-0.3, -0.25) is 4.90 Å². The molecule has 4 rings (SSSR count). The number of aromatic nitrogens is 3. The number of benzene rings is 1. The Kier molecular flexibility index (Phi) is 4.26. The normalized spacial score (nSPS) is 20.2. The van der Waals surface area contributed by atoms with Gasteiger partial charge in [0.25, 0.3) is 10.0 Å². The molecule has 0 saturated carbocycles. The van der Waals surface area contributed by atoms with Crippen LogP contribution in [0.25, 0.3) is 0 Å². The van der Waals surface area contributed by atoms with Gasteiger partial charge < -0.3 is 4.90 Å². The van der Waals surface area contributed by atoms with Crippen LogP contribution in [0.2, 0.25) is 0 Å². The third-order valence-electron chi connectivity index (χ3n) is 4.58. The van der Waals surface area contributed by atoms with Crippen LogP contribution < -0.4 is 0 Å². The molecule has 2 aliphatic rings. The lowest BCUT2D eigenvalue weighted by atomic mass is 10.2. The molecule has 0 radical (unpaired) electrons. The molecule has 9 heteroatoms. The molecule has 0 amide bonds. The predicted octanol–water partition coefficient (Wildman–Crippen LogP) is 0.435. The SMILES string of the molecule is O=S1(=O)N=C(N2CCCN(CCn3nccn3)CC2)c2ccccc21. The van der Waals surface area contributed by atoms with Crippen molar-refractivity contribution >= 4 is 15.9 Å². The second kappa shape index (κ2) is 6.57. The van der Waals surface area contributed by atoms with Gasteiger partial charge in [-0.05, 0) is 25.1 Å². The highest BCUT2D eigenvalue weighted by Crippen LogP contribution is 2.27. The predicted molar refractivity (Wildman–Crippen MR) is 92.8 cm³/mol. The largest absolute Gasteiger partial charge is 0.354 e. The number of hydrogen-bond acceptors (Lipinski definition) is 6. The maximum absolute atomic E-state index is 12.2. The number of nitrogens with zero attached hydrogens (tertiary/aromatic N) is 6. The number of rotatable bonds is 3. The van der Waals surface area contributed by atoms with Crippen molar-refractivity contribution in [3.63, 3.8) is 0 Å². The molecule has 1 aromatic carbocycles. The number of fused-ring (bicyclic) bond motifs is 1. The van der Waals surface area contributed by atoms with Crippen LogP contribution in [0.3, 0.4) is 0 Å². The Morgan fingerprint density at radius 2 is 1.76 bits per heavy atom. The summed E-state index contributed by atoms with van der Waals surface area (Å²) in [5.41, 5.74) is 0.719. The lowest BCUT2D eigenvalue weighted by molar-refractivity contribution is 0.263. The Morgan fingerprint density at radius 3 is 2.60 bits per heavy atom. The highest BCUT2D eigenvalue weighted by molar-refractivity contribution is 7.90. The van der Waals surface area contributed by atoms with E-state index in [0.717, 1.165) is 51.3 Å². The first-order valence-corrected chi connectivity index (χ1v) is 9.83. The molecule has 3 heterocycles. The van der Waals surface area contributed by atoms with Gasteiger partial charge in [-0.25, -0.2) is 0 Å². The quantitative estimate of drug-likeness (QED) is 0.790. The van der Waals surface area contributed by atoms with Gasteiger partial charge in [0.05, 0.1) is 18.9 Å². The number of hydrogen-bond donors (Lipinski definition) is 0. The first-order chi connectivity index (χ1) is 12.1.